The number of fused-ring (bicyclic) bond motifs is 2. The summed E-state index contributed by atoms with van der Waals surface area (Å²) in [6, 6.07) is 1.73. The quantitative estimate of drug-likeness (QED) is 0.759. The van der Waals surface area contributed by atoms with Crippen LogP contribution in [0.25, 0.3) is 11.2 Å². The third-order valence-corrected chi connectivity index (χ3v) is 6.50. The number of allylic oxidation sites excluding steroid dienone is 6. The number of amides is 1. The van der Waals surface area contributed by atoms with Crippen LogP contribution in [0.5, 0.6) is 0 Å². The van der Waals surface area contributed by atoms with E-state index in [4.69, 9.17) is 0 Å². The molecule has 8 heteroatoms. The van der Waals surface area contributed by atoms with Gasteiger partial charge in [0, 0.05) is 68.2 Å². The van der Waals surface area contributed by atoms with E-state index in [9.17, 15) is 14.3 Å². The third kappa shape index (κ3) is 4.22. The molecule has 0 spiro atoms. The number of carbonyl (C=O) groups excluding carboxylic acids is 1. The Bertz CT molecular complexity index is 1290. The fraction of sp³-hybridized carbons (Fsp3) is 0.308. The molecule has 0 radical (unpaired) electrons. The molecule has 5 rings (SSSR count). The smallest absolute Gasteiger partial charge is 0.255 e. The van der Waals surface area contributed by atoms with E-state index in [1.165, 1.54) is 6.07 Å². The predicted octanol–water partition coefficient (Wildman–Crippen LogP) is 2.86. The van der Waals surface area contributed by atoms with Crippen molar-refractivity contribution < 1.29 is 14.3 Å². The molecular formula is C26H28FN5O2. The zero-order valence-electron chi connectivity index (χ0n) is 19.4. The average Bonchev–Trinajstić information content (AvgIpc) is 3.19. The minimum Gasteiger partial charge on any atom is -0.395 e. The van der Waals surface area contributed by atoms with E-state index in [0.29, 0.717) is 23.7 Å². The summed E-state index contributed by atoms with van der Waals surface area (Å²) >= 11 is 0. The molecule has 1 atom stereocenters. The lowest BCUT2D eigenvalue weighted by Gasteiger charge is -2.42. The highest BCUT2D eigenvalue weighted by Gasteiger charge is 2.26. The van der Waals surface area contributed by atoms with Crippen molar-refractivity contribution in [2.45, 2.75) is 19.9 Å². The number of β-amino-alcohol motifs (C(OH)–C–C–N with tert-alkyl or cyclic N) is 1. The molecule has 2 aromatic rings. The van der Waals surface area contributed by atoms with Crippen LogP contribution in [-0.2, 0) is 4.79 Å². The van der Waals surface area contributed by atoms with Crippen molar-refractivity contribution in [1.29, 1.82) is 0 Å². The van der Waals surface area contributed by atoms with Crippen LogP contribution in [0, 0.1) is 12.7 Å². The molecule has 3 aliphatic rings. The van der Waals surface area contributed by atoms with Gasteiger partial charge in [0.1, 0.15) is 0 Å². The van der Waals surface area contributed by atoms with Crippen molar-refractivity contribution >= 4 is 17.1 Å². The molecule has 0 aromatic carbocycles. The zero-order valence-corrected chi connectivity index (χ0v) is 19.4. The van der Waals surface area contributed by atoms with Crippen LogP contribution in [0.4, 0.5) is 4.39 Å². The van der Waals surface area contributed by atoms with Gasteiger partial charge < -0.3 is 14.4 Å². The maximum Gasteiger partial charge on any atom is 0.255 e. The van der Waals surface area contributed by atoms with Crippen molar-refractivity contribution in [2.75, 3.05) is 32.8 Å². The molecule has 34 heavy (non-hydrogen) atoms. The highest BCUT2D eigenvalue weighted by atomic mass is 19.1. The number of carbonyl (C=O) groups is 1. The standard InChI is InChI=1S/C26H28FN5O2/c1-18-14-31-16-21(12-24(27)26(31)28-18)20-4-3-5-22-6-7-23(17-32(22)25(34)13-20)30-9-8-29(10-11-33)19(2)15-30/h3-7,12-14,16-17,19,33H,8-11,15H2,1-2H3/b4-3?,20-13?,22-5+/t19-/m0/s1. The number of hydrogen-bond donors (Lipinski definition) is 1. The van der Waals surface area contributed by atoms with Crippen LogP contribution < -0.4 is 0 Å². The van der Waals surface area contributed by atoms with E-state index in [1.807, 2.05) is 43.5 Å². The number of pyridine rings is 1. The lowest BCUT2D eigenvalue weighted by atomic mass is 10.0. The van der Waals surface area contributed by atoms with E-state index in [2.05, 4.69) is 21.7 Å². The van der Waals surface area contributed by atoms with Gasteiger partial charge in [0.25, 0.3) is 5.91 Å². The number of rotatable bonds is 4. The van der Waals surface area contributed by atoms with E-state index < -0.39 is 5.82 Å². The number of aryl methyl sites for hydroxylation is 1. The monoisotopic (exact) mass is 461 g/mol. The topological polar surface area (TPSA) is 64.3 Å². The molecule has 3 aliphatic heterocycles. The lowest BCUT2D eigenvalue weighted by Crippen LogP contribution is -2.52. The first kappa shape index (κ1) is 22.3. The minimum absolute atomic E-state index is 0.156. The number of nitrogens with zero attached hydrogens (tertiary/aromatic N) is 5. The zero-order chi connectivity index (χ0) is 23.8. The van der Waals surface area contributed by atoms with Crippen LogP contribution in [-0.4, -0.2) is 73.9 Å². The number of aromatic nitrogens is 2. The van der Waals surface area contributed by atoms with Crippen molar-refractivity contribution in [2.24, 2.45) is 0 Å². The summed E-state index contributed by atoms with van der Waals surface area (Å²) < 4.78 is 16.3. The van der Waals surface area contributed by atoms with Crippen molar-refractivity contribution in [3.63, 3.8) is 0 Å². The fourth-order valence-electron chi connectivity index (χ4n) is 4.72. The first-order chi connectivity index (χ1) is 16.4. The van der Waals surface area contributed by atoms with Gasteiger partial charge in [0.15, 0.2) is 11.5 Å². The summed E-state index contributed by atoms with van der Waals surface area (Å²) in [5, 5.41) is 9.27. The number of aliphatic hydroxyl groups is 1. The Hall–Kier alpha value is -3.49. The second kappa shape index (κ2) is 9.04. The van der Waals surface area contributed by atoms with Crippen LogP contribution in [0.1, 0.15) is 18.2 Å². The fourth-order valence-corrected chi connectivity index (χ4v) is 4.72. The lowest BCUT2D eigenvalue weighted by molar-refractivity contribution is -0.122. The summed E-state index contributed by atoms with van der Waals surface area (Å²) in [7, 11) is 0. The highest BCUT2D eigenvalue weighted by molar-refractivity contribution is 5.99. The second-order valence-electron chi connectivity index (χ2n) is 8.89. The Morgan fingerprint density at radius 3 is 2.79 bits per heavy atom. The average molecular weight is 462 g/mol. The summed E-state index contributed by atoms with van der Waals surface area (Å²) in [5.41, 5.74) is 3.98. The molecule has 2 aromatic heterocycles. The Kier molecular flexibility index (Phi) is 5.93. The van der Waals surface area contributed by atoms with Gasteiger partial charge in [-0.1, -0.05) is 12.2 Å². The van der Waals surface area contributed by atoms with Gasteiger partial charge in [-0.05, 0) is 43.7 Å². The van der Waals surface area contributed by atoms with E-state index >= 15 is 0 Å². The molecule has 176 valence electrons. The van der Waals surface area contributed by atoms with Crippen molar-refractivity contribution in [1.82, 2.24) is 24.1 Å². The first-order valence-electron chi connectivity index (χ1n) is 11.5. The minimum atomic E-state index is -0.428. The number of piperazine rings is 1. The molecule has 0 bridgehead atoms. The normalized spacial score (nSPS) is 22.8. The summed E-state index contributed by atoms with van der Waals surface area (Å²) in [6.45, 7) is 7.30. The van der Waals surface area contributed by atoms with Crippen LogP contribution in [0.2, 0.25) is 0 Å². The maximum absolute atomic E-state index is 14.6. The summed E-state index contributed by atoms with van der Waals surface area (Å²) in [4.78, 5) is 23.7. The van der Waals surface area contributed by atoms with Gasteiger partial charge in [-0.25, -0.2) is 9.37 Å². The van der Waals surface area contributed by atoms with Crippen LogP contribution in [0.3, 0.4) is 0 Å². The van der Waals surface area contributed by atoms with Gasteiger partial charge in [-0.2, -0.15) is 0 Å². The van der Waals surface area contributed by atoms with Gasteiger partial charge >= 0.3 is 0 Å². The number of halogens is 1. The molecule has 1 N–H and O–H groups in total. The molecule has 7 nitrogen and oxygen atoms in total. The van der Waals surface area contributed by atoms with Crippen LogP contribution in [0.15, 0.2) is 72.5 Å². The van der Waals surface area contributed by atoms with Gasteiger partial charge in [-0.3, -0.25) is 14.6 Å². The Balaban J connectivity index is 1.42. The van der Waals surface area contributed by atoms with Crippen molar-refractivity contribution in [3.8, 4) is 0 Å². The first-order valence-corrected chi connectivity index (χ1v) is 11.5. The highest BCUT2D eigenvalue weighted by Crippen LogP contribution is 2.27. The molecule has 0 saturated carbocycles. The Labute approximate surface area is 198 Å². The van der Waals surface area contributed by atoms with Gasteiger partial charge in [0.2, 0.25) is 0 Å². The molecule has 0 unspecified atom stereocenters. The van der Waals surface area contributed by atoms with Gasteiger partial charge in [-0.15, -0.1) is 0 Å². The number of hydrogen-bond acceptors (Lipinski definition) is 5. The SMILES string of the molecule is Cc1cn2cc(C3=CC(=O)N4C=C(N5CCN(CCO)[C@@H](C)C5)C=C/C4=C\C=C3)cc(F)c2n1. The van der Waals surface area contributed by atoms with E-state index in [1.54, 1.807) is 27.8 Å². The Morgan fingerprint density at radius 1 is 1.18 bits per heavy atom. The third-order valence-electron chi connectivity index (χ3n) is 6.50. The molecule has 5 heterocycles. The Morgan fingerprint density at radius 2 is 2.00 bits per heavy atom. The second-order valence-corrected chi connectivity index (χ2v) is 8.89. The van der Waals surface area contributed by atoms with Crippen molar-refractivity contribution in [3.05, 3.63) is 89.6 Å². The summed E-state index contributed by atoms with van der Waals surface area (Å²) in [5.74, 6) is -0.620. The number of imidazole rings is 1. The van der Waals surface area contributed by atoms with Crippen LogP contribution >= 0.6 is 0 Å². The predicted molar refractivity (Wildman–Crippen MR) is 129 cm³/mol. The van der Waals surface area contributed by atoms with Gasteiger partial charge in [0.05, 0.1) is 18.0 Å². The maximum atomic E-state index is 14.6. The molecule has 1 saturated heterocycles. The molecule has 0 aliphatic carbocycles. The largest absolute Gasteiger partial charge is 0.395 e. The van der Waals surface area contributed by atoms with E-state index in [-0.39, 0.29) is 18.2 Å². The number of aliphatic hydroxyl groups excluding tert-OH is 1. The molecule has 1 fully saturated rings. The van der Waals surface area contributed by atoms with E-state index in [0.717, 1.165) is 36.7 Å². The molecular weight excluding hydrogens is 433 g/mol. The molecule has 1 amide bonds. The summed E-state index contributed by atoms with van der Waals surface area (Å²) in [6.07, 6.45) is 16.5.